The van der Waals surface area contributed by atoms with Crippen LogP contribution in [0.25, 0.3) is 9.69 Å². The summed E-state index contributed by atoms with van der Waals surface area (Å²) in [5, 5.41) is 0. The predicted molar refractivity (Wildman–Crippen MR) is 42.1 cm³/mol. The summed E-state index contributed by atoms with van der Waals surface area (Å²) in [6, 6.07) is 0. The van der Waals surface area contributed by atoms with Gasteiger partial charge in [-0.3, -0.25) is 14.4 Å². The van der Waals surface area contributed by atoms with E-state index in [1.807, 2.05) is 0 Å². The van der Waals surface area contributed by atoms with Crippen LogP contribution in [0.15, 0.2) is 0 Å². The summed E-state index contributed by atoms with van der Waals surface area (Å²) in [7, 11) is 2.83. The van der Waals surface area contributed by atoms with Gasteiger partial charge in [0.25, 0.3) is 20.4 Å². The quantitative estimate of drug-likeness (QED) is 0.424. The van der Waals surface area contributed by atoms with Gasteiger partial charge in [0.1, 0.15) is 0 Å². The Kier molecular flexibility index (Phi) is 11800. The van der Waals surface area contributed by atoms with Crippen molar-refractivity contribution in [3.05, 3.63) is 22.8 Å². The van der Waals surface area contributed by atoms with E-state index in [1.165, 1.54) is 14.1 Å². The molecule has 0 amide bonds. The largest absolute Gasteiger partial charge is 0.320 e. The van der Waals surface area contributed by atoms with Crippen LogP contribution in [0.1, 0.15) is 0 Å². The van der Waals surface area contributed by atoms with Gasteiger partial charge >= 0.3 is 0 Å². The third-order valence-electron chi connectivity index (χ3n) is 0. The standard InChI is InChI=1S/2C2H3N.3CO.Fe/c2*1-3-2;3*1-2;/h2*1H3;;;;. The van der Waals surface area contributed by atoms with Crippen molar-refractivity contribution < 1.29 is 31.5 Å². The van der Waals surface area contributed by atoms with E-state index >= 15 is 0 Å². The normalized spacial score (nSPS) is 2.15. The van der Waals surface area contributed by atoms with E-state index in [2.05, 4.69) is 30.1 Å². The van der Waals surface area contributed by atoms with Crippen LogP contribution in [0.4, 0.5) is 0 Å². The van der Waals surface area contributed by atoms with Crippen LogP contribution < -0.4 is 0 Å². The molecule has 6 radical (unpaired) electrons. The van der Waals surface area contributed by atoms with Crippen molar-refractivity contribution in [1.82, 2.24) is 0 Å². The first-order valence-electron chi connectivity index (χ1n) is 1.95. The summed E-state index contributed by atoms with van der Waals surface area (Å²) in [6.07, 6.45) is 0. The molecular formula is C7H6FeN2O3. The van der Waals surface area contributed by atoms with Gasteiger partial charge in [0.15, 0.2) is 0 Å². The van der Waals surface area contributed by atoms with Gasteiger partial charge in [-0.05, 0) is 0 Å². The van der Waals surface area contributed by atoms with E-state index in [-0.39, 0.29) is 17.1 Å². The Balaban J connectivity index is -0.0000000118. The Morgan fingerprint density at radius 2 is 0.769 bits per heavy atom. The van der Waals surface area contributed by atoms with E-state index in [1.54, 1.807) is 0 Å². The molecular weight excluding hydrogens is 216 g/mol. The fraction of sp³-hybridized carbons (Fsp3) is 0.286. The molecule has 0 aromatic rings. The Morgan fingerprint density at radius 1 is 0.769 bits per heavy atom. The first kappa shape index (κ1) is 41.9. The van der Waals surface area contributed by atoms with Crippen LogP contribution >= 0.6 is 0 Å². The number of carbonyl (C=O) groups excluding carboxylic acids is 3. The molecule has 0 aromatic heterocycles. The van der Waals surface area contributed by atoms with E-state index in [0.29, 0.717) is 0 Å². The van der Waals surface area contributed by atoms with Crippen molar-refractivity contribution in [2.24, 2.45) is 0 Å². The molecule has 0 rings (SSSR count). The van der Waals surface area contributed by atoms with Crippen LogP contribution in [0.5, 0.6) is 0 Å². The fourth-order valence-electron chi connectivity index (χ4n) is 0. The third-order valence-corrected chi connectivity index (χ3v) is 0. The van der Waals surface area contributed by atoms with Crippen molar-refractivity contribution in [2.75, 3.05) is 14.1 Å². The van der Waals surface area contributed by atoms with Crippen molar-refractivity contribution in [3.8, 4) is 0 Å². The number of hydrogen-bond acceptors (Lipinski definition) is 3. The molecule has 6 heteroatoms. The molecule has 0 aliphatic rings. The second-order valence-corrected chi connectivity index (χ2v) is 0.447. The first-order chi connectivity index (χ1) is 5.83. The maximum absolute atomic E-state index is 7.50. The van der Waals surface area contributed by atoms with Gasteiger partial charge in [0.05, 0.1) is 0 Å². The molecule has 0 aromatic carbocycles. The summed E-state index contributed by atoms with van der Waals surface area (Å²) in [4.78, 5) is 28.0. The molecule has 0 atom stereocenters. The Morgan fingerprint density at radius 3 is 0.769 bits per heavy atom. The van der Waals surface area contributed by atoms with Crippen molar-refractivity contribution in [3.63, 3.8) is 0 Å². The van der Waals surface area contributed by atoms with Gasteiger partial charge in [-0.25, -0.2) is 13.1 Å². The Hall–Kier alpha value is -1.49. The van der Waals surface area contributed by atoms with E-state index < -0.39 is 0 Å². The van der Waals surface area contributed by atoms with Crippen LogP contribution in [0.3, 0.4) is 0 Å². The minimum Gasteiger partial charge on any atom is -0.320 e. The van der Waals surface area contributed by atoms with Crippen molar-refractivity contribution >= 4 is 20.4 Å². The summed E-state index contributed by atoms with van der Waals surface area (Å²) in [6.45, 7) is 25.2. The van der Waals surface area contributed by atoms with Gasteiger partial charge in [-0.1, -0.05) is 0 Å². The third kappa shape index (κ3) is 343. The summed E-state index contributed by atoms with van der Waals surface area (Å²) < 4.78 is 0. The average Bonchev–Trinajstić information content (AvgIpc) is 2.16. The SMILES string of the molecule is [C-]#[N+]C.[C-]#[N+]C.[C]=O.[C]=O.[C]=O.[Fe]. The molecule has 0 saturated carbocycles. The molecule has 0 bridgehead atoms. The molecule has 0 aliphatic heterocycles. The monoisotopic (exact) mass is 222 g/mol. The smallest absolute Gasteiger partial charge is 0.281 e. The second kappa shape index (κ2) is 3660. The topological polar surface area (TPSA) is 59.9 Å². The summed E-state index contributed by atoms with van der Waals surface area (Å²) in [5.74, 6) is 0. The summed E-state index contributed by atoms with van der Waals surface area (Å²) >= 11 is 0. The van der Waals surface area contributed by atoms with Gasteiger partial charge < -0.3 is 9.69 Å². The molecule has 0 fully saturated rings. The molecule has 5 nitrogen and oxygen atoms in total. The molecule has 0 aliphatic carbocycles. The number of rotatable bonds is 0. The minimum absolute atomic E-state index is 0. The first-order valence-corrected chi connectivity index (χ1v) is 1.95. The van der Waals surface area contributed by atoms with E-state index in [4.69, 9.17) is 27.5 Å². The van der Waals surface area contributed by atoms with Crippen LogP contribution in [0.2, 0.25) is 0 Å². The molecule has 13 heavy (non-hydrogen) atoms. The predicted octanol–water partition coefficient (Wildman–Crippen LogP) is -0.123. The molecule has 0 spiro atoms. The maximum atomic E-state index is 7.50. The number of nitrogens with zero attached hydrogens (tertiary/aromatic N) is 2. The zero-order chi connectivity index (χ0) is 11.4. The fourth-order valence-corrected chi connectivity index (χ4v) is 0. The molecule has 0 unspecified atom stereocenters. The minimum atomic E-state index is 0. The second-order valence-electron chi connectivity index (χ2n) is 0.447. The average molecular weight is 222 g/mol. The van der Waals surface area contributed by atoms with Crippen LogP contribution in [0, 0.1) is 13.1 Å². The summed E-state index contributed by atoms with van der Waals surface area (Å²) in [5.41, 5.74) is 0. The van der Waals surface area contributed by atoms with E-state index in [9.17, 15) is 0 Å². The van der Waals surface area contributed by atoms with Crippen LogP contribution in [-0.2, 0) is 31.5 Å². The molecule has 0 saturated heterocycles. The molecule has 70 valence electrons. The van der Waals surface area contributed by atoms with Crippen molar-refractivity contribution in [2.45, 2.75) is 0 Å². The zero-order valence-electron chi connectivity index (χ0n) is 6.97. The van der Waals surface area contributed by atoms with Gasteiger partial charge in [-0.2, -0.15) is 0 Å². The van der Waals surface area contributed by atoms with Gasteiger partial charge in [0, 0.05) is 17.1 Å². The number of hydrogen-bond donors (Lipinski definition) is 0. The zero-order valence-corrected chi connectivity index (χ0v) is 8.08. The van der Waals surface area contributed by atoms with Crippen molar-refractivity contribution in [1.29, 1.82) is 0 Å². The van der Waals surface area contributed by atoms with Gasteiger partial charge in [-0.15, -0.1) is 0 Å². The van der Waals surface area contributed by atoms with E-state index in [0.717, 1.165) is 0 Å². The maximum Gasteiger partial charge on any atom is 0.281 e. The molecule has 0 heterocycles. The Bertz CT molecular complexity index is 103. The van der Waals surface area contributed by atoms with Gasteiger partial charge in [0.2, 0.25) is 14.1 Å². The molecule has 0 N–H and O–H groups in total. The van der Waals surface area contributed by atoms with Crippen LogP contribution in [-0.4, -0.2) is 34.5 Å². The Labute approximate surface area is 89.2 Å².